The van der Waals surface area contributed by atoms with Gasteiger partial charge >= 0.3 is 59.1 Å². The molecule has 0 spiro atoms. The first-order valence-corrected chi connectivity index (χ1v) is 11.0. The second-order valence-electron chi connectivity index (χ2n) is 5.36. The molecule has 0 radical (unpaired) electrons. The van der Waals surface area contributed by atoms with Gasteiger partial charge in [-0.1, -0.05) is 6.92 Å². The molecule has 3 rings (SSSR count). The van der Waals surface area contributed by atoms with Crippen LogP contribution in [-0.4, -0.2) is 49.2 Å². The molecule has 8 nitrogen and oxygen atoms in total. The number of fused-ring (bicyclic) bond motifs is 1. The van der Waals surface area contributed by atoms with Gasteiger partial charge in [-0.05, 0) is 44.0 Å². The van der Waals surface area contributed by atoms with Crippen LogP contribution < -0.4 is 69.3 Å². The molecule has 33 heavy (non-hydrogen) atoms. The molecule has 0 amide bonds. The fourth-order valence-corrected chi connectivity index (χ4v) is 3.96. The van der Waals surface area contributed by atoms with Crippen LogP contribution in [0.25, 0.3) is 10.9 Å². The van der Waals surface area contributed by atoms with Gasteiger partial charge in [-0.25, -0.2) is 4.98 Å². The van der Waals surface area contributed by atoms with E-state index in [1.54, 1.807) is 25.6 Å². The maximum absolute atomic E-state index is 13.0. The standard InChI is InChI=1S/C17H14Br2N2O3S.2CH3O.CH2O.2Na/c1-3-15(22)13-7-25-17(20-13)16(23)10-6-21(8-24-2)14-5-12(19)11(18)4-9(10)14;3*1-2;;/h4-7H,3,8H2,1-2H3;2*1H3;1H2;;/q;2*-1;;2*+1. The molecule has 0 unspecified atom stereocenters. The smallest absolute Gasteiger partial charge is 0.857 e. The van der Waals surface area contributed by atoms with Gasteiger partial charge in [0.05, 0.1) is 11.1 Å². The summed E-state index contributed by atoms with van der Waals surface area (Å²) in [6.45, 7) is 4.10. The number of nitrogens with zero attached hydrogens (tertiary/aromatic N) is 2. The zero-order valence-electron chi connectivity index (χ0n) is 19.4. The molecule has 0 bridgehead atoms. The van der Waals surface area contributed by atoms with Crippen molar-refractivity contribution in [3.8, 4) is 0 Å². The summed E-state index contributed by atoms with van der Waals surface area (Å²) >= 11 is 8.16. The topological polar surface area (TPSA) is 124 Å². The summed E-state index contributed by atoms with van der Waals surface area (Å²) in [5, 5.41) is 19.3. The summed E-state index contributed by atoms with van der Waals surface area (Å²) in [6, 6.07) is 3.83. The number of hydrogen-bond acceptors (Lipinski definition) is 8. The van der Waals surface area contributed by atoms with Crippen LogP contribution in [0.1, 0.15) is 39.2 Å². The molecule has 2 aromatic heterocycles. The first-order valence-electron chi connectivity index (χ1n) is 8.57. The van der Waals surface area contributed by atoms with Crippen LogP contribution in [-0.2, 0) is 16.3 Å². The number of Topliss-reactive ketones (excluding diaryl/α,β-unsaturated/α-hetero) is 1. The molecular formula is C20H22Br2N2Na2O6S. The predicted molar refractivity (Wildman–Crippen MR) is 123 cm³/mol. The number of methoxy groups -OCH3 is 1. The molecule has 0 fully saturated rings. The maximum Gasteiger partial charge on any atom is 1.00 e. The molecule has 1 aromatic carbocycles. The van der Waals surface area contributed by atoms with Crippen LogP contribution in [0, 0.1) is 0 Å². The molecule has 13 heteroatoms. The molecule has 2 heterocycles. The summed E-state index contributed by atoms with van der Waals surface area (Å²) in [4.78, 5) is 36.9. The summed E-state index contributed by atoms with van der Waals surface area (Å²) in [6.07, 6.45) is 2.13. The fraction of sp³-hybridized carbons (Fsp3) is 0.300. The van der Waals surface area contributed by atoms with Crippen molar-refractivity contribution in [3.63, 3.8) is 0 Å². The van der Waals surface area contributed by atoms with E-state index in [2.05, 4.69) is 36.8 Å². The fourth-order valence-electron chi connectivity index (χ4n) is 2.51. The van der Waals surface area contributed by atoms with Gasteiger partial charge in [0.25, 0.3) is 0 Å². The minimum absolute atomic E-state index is 0. The van der Waals surface area contributed by atoms with E-state index in [9.17, 15) is 9.59 Å². The third-order valence-electron chi connectivity index (χ3n) is 3.74. The summed E-state index contributed by atoms with van der Waals surface area (Å²) in [7, 11) is 3.10. The Bertz CT molecular complexity index is 1010. The summed E-state index contributed by atoms with van der Waals surface area (Å²) in [5.74, 6) is -0.266. The normalized spacial score (nSPS) is 8.97. The van der Waals surface area contributed by atoms with E-state index in [4.69, 9.17) is 19.7 Å². The van der Waals surface area contributed by atoms with E-state index in [0.717, 1.165) is 34.1 Å². The molecule has 0 atom stereocenters. The molecule has 0 saturated heterocycles. The van der Waals surface area contributed by atoms with Crippen molar-refractivity contribution in [1.82, 2.24) is 9.55 Å². The third kappa shape index (κ3) is 10.0. The minimum Gasteiger partial charge on any atom is -0.857 e. The summed E-state index contributed by atoms with van der Waals surface area (Å²) < 4.78 is 8.83. The quantitative estimate of drug-likeness (QED) is 0.210. The van der Waals surface area contributed by atoms with E-state index in [1.165, 1.54) is 11.3 Å². The molecule has 0 aliphatic rings. The van der Waals surface area contributed by atoms with Crippen LogP contribution in [0.2, 0.25) is 0 Å². The molecule has 3 aromatic rings. The Hall–Kier alpha value is 0.240. The van der Waals surface area contributed by atoms with Gasteiger partial charge in [-0.15, -0.1) is 11.3 Å². The van der Waals surface area contributed by atoms with Crippen molar-refractivity contribution in [2.45, 2.75) is 20.1 Å². The van der Waals surface area contributed by atoms with Crippen molar-refractivity contribution >= 4 is 72.5 Å². The number of ketones is 2. The van der Waals surface area contributed by atoms with Crippen LogP contribution in [0.3, 0.4) is 0 Å². The molecular weight excluding hydrogens is 602 g/mol. The minimum atomic E-state index is -0.200. The molecule has 0 aliphatic carbocycles. The van der Waals surface area contributed by atoms with E-state index >= 15 is 0 Å². The maximum atomic E-state index is 13.0. The van der Waals surface area contributed by atoms with Gasteiger partial charge in [0.1, 0.15) is 19.2 Å². The Morgan fingerprint density at radius 3 is 2.18 bits per heavy atom. The monoisotopic (exact) mass is 622 g/mol. The first-order chi connectivity index (χ1) is 15.0. The van der Waals surface area contributed by atoms with Crippen molar-refractivity contribution in [2.24, 2.45) is 0 Å². The van der Waals surface area contributed by atoms with Crippen LogP contribution in [0.4, 0.5) is 0 Å². The SMILES string of the molecule is C=O.CCC(=O)c1csc(C(=O)c2cn(COC)c3cc(Br)c(Br)cc23)n1.C[O-].C[O-].[Na+].[Na+]. The van der Waals surface area contributed by atoms with Gasteiger partial charge < -0.3 is 24.3 Å². The van der Waals surface area contributed by atoms with Gasteiger partial charge in [-0.3, -0.25) is 9.59 Å². The molecule has 0 N–H and O–H groups in total. The predicted octanol–water partition coefficient (Wildman–Crippen LogP) is -3.17. The van der Waals surface area contributed by atoms with E-state index in [-0.39, 0.29) is 70.7 Å². The Labute approximate surface area is 257 Å². The summed E-state index contributed by atoms with van der Waals surface area (Å²) in [5.41, 5.74) is 1.76. The Morgan fingerprint density at radius 1 is 1.12 bits per heavy atom. The number of halogens is 2. The molecule has 0 saturated carbocycles. The second-order valence-corrected chi connectivity index (χ2v) is 7.92. The number of hydrogen-bond donors (Lipinski definition) is 0. The number of ether oxygens (including phenoxy) is 1. The van der Waals surface area contributed by atoms with Crippen LogP contribution in [0.5, 0.6) is 0 Å². The number of rotatable bonds is 6. The largest absolute Gasteiger partial charge is 1.00 e. The number of thiazole rings is 1. The average molecular weight is 624 g/mol. The number of carbonyl (C=O) groups is 3. The van der Waals surface area contributed by atoms with Crippen molar-refractivity contribution in [3.05, 3.63) is 48.9 Å². The molecule has 170 valence electrons. The van der Waals surface area contributed by atoms with E-state index < -0.39 is 0 Å². The number of carbonyl (C=O) groups excluding carboxylic acids is 3. The first kappa shape index (κ1) is 37.8. The average Bonchev–Trinajstić information content (AvgIpc) is 3.44. The Balaban J connectivity index is -0.00000104. The molecule has 0 aliphatic heterocycles. The van der Waals surface area contributed by atoms with E-state index in [1.807, 2.05) is 23.5 Å². The second kappa shape index (κ2) is 20.4. The van der Waals surface area contributed by atoms with Crippen molar-refractivity contribution < 1.29 is 88.4 Å². The van der Waals surface area contributed by atoms with E-state index in [0.29, 0.717) is 29.4 Å². The number of aromatic nitrogens is 2. The third-order valence-corrected chi connectivity index (χ3v) is 6.43. The van der Waals surface area contributed by atoms with Gasteiger partial charge in [0.15, 0.2) is 10.8 Å². The van der Waals surface area contributed by atoms with Crippen molar-refractivity contribution in [1.29, 1.82) is 0 Å². The zero-order valence-corrected chi connectivity index (χ0v) is 27.4. The van der Waals surface area contributed by atoms with Gasteiger partial charge in [0, 0.05) is 39.4 Å². The zero-order chi connectivity index (χ0) is 24.1. The number of benzene rings is 1. The Kier molecular flexibility index (Phi) is 23.4. The Morgan fingerprint density at radius 2 is 1.67 bits per heavy atom. The van der Waals surface area contributed by atoms with Crippen molar-refractivity contribution in [2.75, 3.05) is 21.3 Å². The van der Waals surface area contributed by atoms with Crippen LogP contribution >= 0.6 is 43.2 Å². The van der Waals surface area contributed by atoms with Gasteiger partial charge in [-0.2, -0.15) is 14.2 Å². The van der Waals surface area contributed by atoms with Crippen LogP contribution in [0.15, 0.2) is 32.7 Å². The van der Waals surface area contributed by atoms with Gasteiger partial charge in [0.2, 0.25) is 5.78 Å².